The summed E-state index contributed by atoms with van der Waals surface area (Å²) < 4.78 is 160. The van der Waals surface area contributed by atoms with Crippen LogP contribution in [0.2, 0.25) is 0 Å². The molecule has 0 saturated heterocycles. The number of aliphatic hydroxyl groups is 3. The normalized spacial score (nSPS) is 14.4. The number of carbonyl (C=O) groups is 1. The van der Waals surface area contributed by atoms with Gasteiger partial charge in [0.2, 0.25) is 0 Å². The molecular weight excluding hydrogens is 1030 g/mol. The lowest BCUT2D eigenvalue weighted by Crippen LogP contribution is -2.43. The predicted molar refractivity (Wildman–Crippen MR) is 229 cm³/mol. The second kappa shape index (κ2) is 28.0. The number of hydrogen-bond acceptors (Lipinski definition) is 14. The van der Waals surface area contributed by atoms with E-state index in [4.69, 9.17) is 40.0 Å². The van der Waals surface area contributed by atoms with E-state index in [1.165, 1.54) is 77.7 Å². The standard InChI is InChI=1S/C12H14Cl2FNO4S.C10H12FN3O3S.C10H14FNO3S.CF3N3O2S.H2O/c1-21(19,20)8-4-2-7(3-5-8)10(17)9(6-15)16-12(18)11(13)14;1-18(16,17)8-4-2-7(3-5-8)10(15)9(6-11)13-14-12;1-16(14,15)8-4-2-7(3-5-8)10(13)9(12)6-11;2-1(3,4)10(8,9)7-6-5;/h2-5,9-11,17H,6H2,1H3,(H,16,18);2-5,9-10,15H,6H2,1H3;2-5,9-10,13H,6,12H2,1H3;;1H2/p+1/t3*9-,10-;;/m111../s1. The van der Waals surface area contributed by atoms with Gasteiger partial charge in [-0.2, -0.15) is 13.2 Å². The number of benzene rings is 3. The Bertz CT molecular complexity index is 2560. The Labute approximate surface area is 383 Å². The van der Waals surface area contributed by atoms with Gasteiger partial charge in [0, 0.05) is 33.1 Å². The fraction of sp³-hybridized carbons (Fsp3) is 0.424. The van der Waals surface area contributed by atoms with Crippen LogP contribution in [0.25, 0.3) is 20.9 Å². The van der Waals surface area contributed by atoms with Crippen LogP contribution in [0.4, 0.5) is 26.3 Å². The van der Waals surface area contributed by atoms with Crippen molar-refractivity contribution in [3.05, 3.63) is 110 Å². The predicted octanol–water partition coefficient (Wildman–Crippen LogP) is 3.80. The number of halogens is 8. The topological polar surface area (TPSA) is 383 Å². The molecule has 1 amide bonds. The number of sulfonamides is 1. The van der Waals surface area contributed by atoms with Gasteiger partial charge in [0.15, 0.2) is 34.3 Å². The molecule has 0 aliphatic heterocycles. The van der Waals surface area contributed by atoms with Crippen LogP contribution in [0.3, 0.4) is 0 Å². The second-order valence-electron chi connectivity index (χ2n) is 12.8. The molecule has 6 atom stereocenters. The molecule has 0 aliphatic rings. The Morgan fingerprint density at radius 2 is 1.02 bits per heavy atom. The number of rotatable bonds is 16. The molecule has 21 nitrogen and oxygen atoms in total. The van der Waals surface area contributed by atoms with Crippen molar-refractivity contribution in [3.63, 3.8) is 0 Å². The van der Waals surface area contributed by atoms with Crippen LogP contribution in [0.5, 0.6) is 0 Å². The maximum absolute atomic E-state index is 12.9. The highest BCUT2D eigenvalue weighted by Crippen LogP contribution is 2.25. The van der Waals surface area contributed by atoms with Gasteiger partial charge < -0.3 is 31.8 Å². The Morgan fingerprint density at radius 1 is 0.667 bits per heavy atom. The zero-order valence-electron chi connectivity index (χ0n) is 34.1. The quantitative estimate of drug-likeness (QED) is 0.0341. The molecule has 0 bridgehead atoms. The summed E-state index contributed by atoms with van der Waals surface area (Å²) in [4.78, 5) is 14.2. The first-order valence-corrected chi connectivity index (χ1v) is 25.1. The molecule has 0 saturated carbocycles. The van der Waals surface area contributed by atoms with Crippen LogP contribution in [-0.2, 0) is 49.8 Å². The lowest BCUT2D eigenvalue weighted by Gasteiger charge is -2.22. The van der Waals surface area contributed by atoms with Crippen molar-refractivity contribution in [2.24, 2.45) is 15.4 Å². The first-order valence-electron chi connectivity index (χ1n) is 17.1. The van der Waals surface area contributed by atoms with Crippen LogP contribution in [0.1, 0.15) is 35.0 Å². The summed E-state index contributed by atoms with van der Waals surface area (Å²) in [7, 11) is -15.6. The second-order valence-corrected chi connectivity index (χ2v) is 21.5. The summed E-state index contributed by atoms with van der Waals surface area (Å²) >= 11 is 10.7. The number of nitrogens with zero attached hydrogens (tertiary/aromatic N) is 6. The summed E-state index contributed by atoms with van der Waals surface area (Å²) in [5.41, 5.74) is 16.3. The van der Waals surface area contributed by atoms with Gasteiger partial charge in [-0.25, -0.2) is 42.5 Å². The van der Waals surface area contributed by atoms with Gasteiger partial charge in [0.05, 0.1) is 45.0 Å². The number of aliphatic hydroxyl groups excluding tert-OH is 3. The Kier molecular flexibility index (Phi) is 27.0. The summed E-state index contributed by atoms with van der Waals surface area (Å²) in [6.45, 7) is -2.88. The number of hydrogen-bond donors (Lipinski definition) is 5. The summed E-state index contributed by atoms with van der Waals surface area (Å²) in [6.07, 6.45) is -0.601. The van der Waals surface area contributed by atoms with Crippen LogP contribution in [0, 0.1) is 0 Å². The highest BCUT2D eigenvalue weighted by Gasteiger charge is 2.45. The molecule has 0 aromatic heterocycles. The number of nitrogens with two attached hydrogens (primary N) is 1. The molecule has 372 valence electrons. The van der Waals surface area contributed by atoms with Crippen LogP contribution in [0.15, 0.2) is 97.1 Å². The van der Waals surface area contributed by atoms with Gasteiger partial charge in [0.1, 0.15) is 26.1 Å². The smallest absolute Gasteiger partial charge is 0.457 e. The van der Waals surface area contributed by atoms with E-state index >= 15 is 0 Å². The molecule has 3 aromatic rings. The third kappa shape index (κ3) is 21.4. The minimum Gasteiger partial charge on any atom is -0.457 e. The van der Waals surface area contributed by atoms with Crippen LogP contribution < -0.4 is 11.1 Å². The van der Waals surface area contributed by atoms with Crippen molar-refractivity contribution in [1.82, 2.24) is 5.32 Å². The van der Waals surface area contributed by atoms with E-state index < -0.39 is 112 Å². The van der Waals surface area contributed by atoms with E-state index in [0.29, 0.717) is 5.56 Å². The van der Waals surface area contributed by atoms with Crippen LogP contribution >= 0.6 is 23.2 Å². The number of carbonyl (C=O) groups excluding carboxylic acids is 1. The van der Waals surface area contributed by atoms with Crippen molar-refractivity contribution >= 4 is 68.6 Å². The van der Waals surface area contributed by atoms with Crippen LogP contribution in [-0.4, -0.2) is 122 Å². The van der Waals surface area contributed by atoms with Gasteiger partial charge >= 0.3 is 15.5 Å². The minimum absolute atomic E-state index is 0. The van der Waals surface area contributed by atoms with E-state index in [2.05, 4.69) is 15.3 Å². The zero-order valence-corrected chi connectivity index (χ0v) is 38.9. The highest BCUT2D eigenvalue weighted by atomic mass is 35.5. The Hall–Kier alpha value is -4.49. The first-order chi connectivity index (χ1) is 29.7. The number of nitrogens with one attached hydrogen (secondary N) is 1. The van der Waals surface area contributed by atoms with Crippen molar-refractivity contribution in [1.29, 1.82) is 0 Å². The molecule has 3 rings (SSSR count). The third-order valence-corrected chi connectivity index (χ3v) is 12.4. The van der Waals surface area contributed by atoms with Crippen molar-refractivity contribution in [3.8, 4) is 0 Å². The van der Waals surface area contributed by atoms with Crippen molar-refractivity contribution in [2.45, 2.75) is 61.5 Å². The first kappa shape index (κ1) is 63.6. The maximum atomic E-state index is 12.9. The monoisotopic (exact) mass is 1070 g/mol. The molecule has 66 heavy (non-hydrogen) atoms. The van der Waals surface area contributed by atoms with Gasteiger partial charge in [0.25, 0.3) is 5.91 Å². The minimum atomic E-state index is -5.64. The molecule has 0 aliphatic carbocycles. The lowest BCUT2D eigenvalue weighted by molar-refractivity contribution is -0.121. The van der Waals surface area contributed by atoms with Gasteiger partial charge in [-0.15, -0.1) is 0 Å². The molecule has 0 unspecified atom stereocenters. The molecule has 0 radical (unpaired) electrons. The fourth-order valence-corrected chi connectivity index (χ4v) is 6.52. The third-order valence-electron chi connectivity index (χ3n) is 7.77. The van der Waals surface area contributed by atoms with E-state index in [0.717, 1.165) is 18.8 Å². The molecule has 33 heteroatoms. The average molecular weight is 1070 g/mol. The molecule has 0 spiro atoms. The van der Waals surface area contributed by atoms with Gasteiger partial charge in [-0.1, -0.05) is 64.7 Å². The SMILES string of the molecule is CS(=O)(=O)c1ccc([C@@H](O)[C@@H](CF)N=[N+]=[N-])cc1.CS(=O)(=O)c1ccc([C@@H](O)[C@@H](CF)NC(=O)C(Cl)Cl)cc1.CS(=O)(=O)c1ccc([C@@H](O)[C@H](N)CF)cc1.[N-]=[N+]=NS(=O)(=O)C(F)(F)F.[OH3+]. The Balaban J connectivity index is 0. The maximum Gasteiger partial charge on any atom is 0.504 e. The number of azide groups is 2. The van der Waals surface area contributed by atoms with E-state index in [-0.39, 0.29) is 31.3 Å². The van der Waals surface area contributed by atoms with E-state index in [9.17, 15) is 80.1 Å². The largest absolute Gasteiger partial charge is 0.504 e. The highest BCUT2D eigenvalue weighted by molar-refractivity contribution is 7.91. The summed E-state index contributed by atoms with van der Waals surface area (Å²) in [5, 5.41) is 34.6. The molecular formula is C33H43Cl2F6N8O13S4+. The molecule has 0 fully saturated rings. The lowest BCUT2D eigenvalue weighted by atomic mass is 10.0. The fourth-order valence-electron chi connectivity index (χ4n) is 4.31. The zero-order chi connectivity index (χ0) is 50.7. The van der Waals surface area contributed by atoms with E-state index in [1.54, 1.807) is 4.52 Å². The summed E-state index contributed by atoms with van der Waals surface area (Å²) in [5.74, 6) is -0.826. The number of alkyl halides is 8. The molecule has 3 aromatic carbocycles. The number of sulfone groups is 3. The van der Waals surface area contributed by atoms with Crippen molar-refractivity contribution < 1.29 is 85.6 Å². The molecule has 0 heterocycles. The summed E-state index contributed by atoms with van der Waals surface area (Å²) in [6, 6.07) is 12.7. The van der Waals surface area contributed by atoms with Gasteiger partial charge in [-0.05, 0) is 64.2 Å². The Morgan fingerprint density at radius 3 is 1.26 bits per heavy atom. The molecule has 9 N–H and O–H groups in total. The van der Waals surface area contributed by atoms with Gasteiger partial charge in [-0.3, -0.25) is 9.18 Å². The van der Waals surface area contributed by atoms with Crippen molar-refractivity contribution in [2.75, 3.05) is 38.8 Å². The number of amides is 1. The average Bonchev–Trinajstić information content (AvgIpc) is 3.23. The van der Waals surface area contributed by atoms with E-state index in [1.807, 2.05) is 0 Å².